The van der Waals surface area contributed by atoms with Crippen LogP contribution in [0.2, 0.25) is 0 Å². The van der Waals surface area contributed by atoms with E-state index in [1.807, 2.05) is 6.92 Å². The van der Waals surface area contributed by atoms with Gasteiger partial charge in [0.25, 0.3) is 0 Å². The summed E-state index contributed by atoms with van der Waals surface area (Å²) in [6.45, 7) is 9.21. The maximum absolute atomic E-state index is 12.9. The molecule has 0 saturated carbocycles. The Hall–Kier alpha value is -2.17. The van der Waals surface area contributed by atoms with Crippen molar-refractivity contribution in [2.24, 2.45) is 0 Å². The molecule has 1 aromatic carbocycles. The minimum atomic E-state index is -0.237. The van der Waals surface area contributed by atoms with Gasteiger partial charge in [-0.25, -0.2) is 9.37 Å². The highest BCUT2D eigenvalue weighted by Crippen LogP contribution is 2.23. The Morgan fingerprint density at radius 1 is 1.14 bits per heavy atom. The van der Waals surface area contributed by atoms with E-state index in [1.54, 1.807) is 18.2 Å². The number of halogens is 1. The number of rotatable bonds is 5. The monoisotopic (exact) mass is 303 g/mol. The molecule has 4 nitrogen and oxygen atoms in total. The van der Waals surface area contributed by atoms with Crippen LogP contribution in [0.5, 0.6) is 5.88 Å². The van der Waals surface area contributed by atoms with Gasteiger partial charge in [0, 0.05) is 18.0 Å². The quantitative estimate of drug-likeness (QED) is 0.909. The van der Waals surface area contributed by atoms with E-state index in [-0.39, 0.29) is 11.2 Å². The molecule has 0 amide bonds. The molecule has 0 unspecified atom stereocenters. The normalized spacial score (nSPS) is 11.3. The second kappa shape index (κ2) is 6.73. The van der Waals surface area contributed by atoms with Gasteiger partial charge in [0.2, 0.25) is 5.88 Å². The second-order valence-corrected chi connectivity index (χ2v) is 6.08. The molecule has 1 aromatic heterocycles. The number of nitrogens with one attached hydrogen (secondary N) is 1. The number of hydrogen-bond donors (Lipinski definition) is 1. The molecule has 0 radical (unpaired) electrons. The number of nitrogens with zero attached hydrogens (tertiary/aromatic N) is 2. The lowest BCUT2D eigenvalue weighted by atomic mass is 9.96. The van der Waals surface area contributed by atoms with Crippen LogP contribution in [-0.4, -0.2) is 16.6 Å². The molecule has 0 spiro atoms. The fraction of sp³-hybridized carbons (Fsp3) is 0.412. The van der Waals surface area contributed by atoms with E-state index >= 15 is 0 Å². The largest absolute Gasteiger partial charge is 0.478 e. The number of anilines is 1. The highest BCUT2D eigenvalue weighted by atomic mass is 19.1. The average molecular weight is 303 g/mol. The molecule has 0 aliphatic heterocycles. The molecule has 0 aliphatic rings. The molecule has 0 bridgehead atoms. The first-order valence-corrected chi connectivity index (χ1v) is 7.39. The topological polar surface area (TPSA) is 47.0 Å². The van der Waals surface area contributed by atoms with Crippen LogP contribution in [0.25, 0.3) is 0 Å². The van der Waals surface area contributed by atoms with Crippen LogP contribution in [0.15, 0.2) is 30.3 Å². The van der Waals surface area contributed by atoms with Crippen molar-refractivity contribution >= 4 is 5.82 Å². The predicted octanol–water partition coefficient (Wildman–Crippen LogP) is 3.92. The lowest BCUT2D eigenvalue weighted by molar-refractivity contribution is 0.322. The van der Waals surface area contributed by atoms with Crippen molar-refractivity contribution in [3.05, 3.63) is 47.5 Å². The third-order valence-electron chi connectivity index (χ3n) is 3.05. The summed E-state index contributed by atoms with van der Waals surface area (Å²) >= 11 is 0. The fourth-order valence-corrected chi connectivity index (χ4v) is 1.87. The Morgan fingerprint density at radius 3 is 2.41 bits per heavy atom. The molecule has 1 heterocycles. The van der Waals surface area contributed by atoms with Crippen molar-refractivity contribution in [1.82, 2.24) is 9.97 Å². The van der Waals surface area contributed by atoms with Gasteiger partial charge in [0.1, 0.15) is 17.5 Å². The van der Waals surface area contributed by atoms with Gasteiger partial charge < -0.3 is 10.1 Å². The van der Waals surface area contributed by atoms with E-state index < -0.39 is 0 Å². The Balaban J connectivity index is 2.18. The number of benzene rings is 1. The van der Waals surface area contributed by atoms with Crippen LogP contribution in [0.1, 0.15) is 39.1 Å². The zero-order valence-electron chi connectivity index (χ0n) is 13.5. The van der Waals surface area contributed by atoms with Gasteiger partial charge in [-0.1, -0.05) is 32.9 Å². The molecule has 0 saturated heterocycles. The maximum atomic E-state index is 12.9. The zero-order valence-corrected chi connectivity index (χ0v) is 13.5. The summed E-state index contributed by atoms with van der Waals surface area (Å²) in [6, 6.07) is 8.17. The van der Waals surface area contributed by atoms with Crippen molar-refractivity contribution in [2.75, 3.05) is 11.9 Å². The van der Waals surface area contributed by atoms with Crippen molar-refractivity contribution in [3.8, 4) is 5.88 Å². The summed E-state index contributed by atoms with van der Waals surface area (Å²) in [7, 11) is 0. The third-order valence-corrected chi connectivity index (χ3v) is 3.05. The zero-order chi connectivity index (χ0) is 16.2. The molecule has 118 valence electrons. The van der Waals surface area contributed by atoms with E-state index in [4.69, 9.17) is 4.74 Å². The lowest BCUT2D eigenvalue weighted by Crippen LogP contribution is -2.18. The van der Waals surface area contributed by atoms with E-state index in [0.29, 0.717) is 24.8 Å². The van der Waals surface area contributed by atoms with Crippen LogP contribution in [0.3, 0.4) is 0 Å². The van der Waals surface area contributed by atoms with Crippen LogP contribution in [0, 0.1) is 5.82 Å². The first-order valence-electron chi connectivity index (χ1n) is 7.39. The molecule has 0 fully saturated rings. The van der Waals surface area contributed by atoms with Gasteiger partial charge >= 0.3 is 0 Å². The van der Waals surface area contributed by atoms with Crippen LogP contribution < -0.4 is 10.1 Å². The summed E-state index contributed by atoms with van der Waals surface area (Å²) < 4.78 is 18.4. The first kappa shape index (κ1) is 16.2. The van der Waals surface area contributed by atoms with Gasteiger partial charge in [0.05, 0.1) is 6.61 Å². The number of ether oxygens (including phenoxy) is 1. The van der Waals surface area contributed by atoms with Crippen LogP contribution in [0.4, 0.5) is 10.2 Å². The molecule has 0 aliphatic carbocycles. The number of hydrogen-bond acceptors (Lipinski definition) is 4. The van der Waals surface area contributed by atoms with Gasteiger partial charge in [-0.3, -0.25) is 0 Å². The van der Waals surface area contributed by atoms with Gasteiger partial charge in [-0.2, -0.15) is 4.98 Å². The fourth-order valence-electron chi connectivity index (χ4n) is 1.87. The minimum Gasteiger partial charge on any atom is -0.478 e. The second-order valence-electron chi connectivity index (χ2n) is 6.08. The van der Waals surface area contributed by atoms with E-state index in [9.17, 15) is 4.39 Å². The van der Waals surface area contributed by atoms with Crippen molar-refractivity contribution < 1.29 is 9.13 Å². The van der Waals surface area contributed by atoms with Crippen LogP contribution >= 0.6 is 0 Å². The Labute approximate surface area is 130 Å². The average Bonchev–Trinajstić information content (AvgIpc) is 2.46. The molecule has 2 aromatic rings. The Morgan fingerprint density at radius 2 is 1.82 bits per heavy atom. The molecule has 1 N–H and O–H groups in total. The summed E-state index contributed by atoms with van der Waals surface area (Å²) in [6.07, 6.45) is 0. The van der Waals surface area contributed by atoms with Crippen molar-refractivity contribution in [1.29, 1.82) is 0 Å². The first-order chi connectivity index (χ1) is 10.4. The summed E-state index contributed by atoms with van der Waals surface area (Å²) in [5, 5.41) is 3.24. The SMILES string of the molecule is CCOc1cc(NCc2ccc(F)cc2)nc(C(C)(C)C)n1. The van der Waals surface area contributed by atoms with Gasteiger partial charge in [0.15, 0.2) is 0 Å². The summed E-state index contributed by atoms with van der Waals surface area (Å²) in [5.74, 6) is 1.75. The standard InChI is InChI=1S/C17H22FN3O/c1-5-22-15-10-14(20-16(21-15)17(2,3)4)19-11-12-6-8-13(18)9-7-12/h6-10H,5,11H2,1-4H3,(H,19,20,21). The van der Waals surface area contributed by atoms with Gasteiger partial charge in [-0.15, -0.1) is 0 Å². The maximum Gasteiger partial charge on any atom is 0.218 e. The molecule has 2 rings (SSSR count). The smallest absolute Gasteiger partial charge is 0.218 e. The predicted molar refractivity (Wildman–Crippen MR) is 85.6 cm³/mol. The third kappa shape index (κ3) is 4.41. The van der Waals surface area contributed by atoms with Crippen molar-refractivity contribution in [3.63, 3.8) is 0 Å². The molecule has 22 heavy (non-hydrogen) atoms. The summed E-state index contributed by atoms with van der Waals surface area (Å²) in [5.41, 5.74) is 0.814. The lowest BCUT2D eigenvalue weighted by Gasteiger charge is -2.19. The van der Waals surface area contributed by atoms with Crippen LogP contribution in [-0.2, 0) is 12.0 Å². The number of aromatic nitrogens is 2. The Kier molecular flexibility index (Phi) is 4.96. The molecule has 5 heteroatoms. The highest BCUT2D eigenvalue weighted by Gasteiger charge is 2.19. The van der Waals surface area contributed by atoms with Crippen molar-refractivity contribution in [2.45, 2.75) is 39.7 Å². The van der Waals surface area contributed by atoms with E-state index in [0.717, 1.165) is 11.4 Å². The van der Waals surface area contributed by atoms with Gasteiger partial charge in [-0.05, 0) is 24.6 Å². The summed E-state index contributed by atoms with van der Waals surface area (Å²) in [4.78, 5) is 8.98. The van der Waals surface area contributed by atoms with E-state index in [1.165, 1.54) is 12.1 Å². The molecular weight excluding hydrogens is 281 g/mol. The molecular formula is C17H22FN3O. The minimum absolute atomic E-state index is 0.167. The molecule has 0 atom stereocenters. The Bertz CT molecular complexity index is 621. The highest BCUT2D eigenvalue weighted by molar-refractivity contribution is 5.40. The van der Waals surface area contributed by atoms with E-state index in [2.05, 4.69) is 36.1 Å².